The van der Waals surface area contributed by atoms with Crippen LogP contribution in [0.15, 0.2) is 22.8 Å². The van der Waals surface area contributed by atoms with Crippen molar-refractivity contribution in [2.45, 2.75) is 39.7 Å². The molecule has 0 bridgehead atoms. The maximum Gasteiger partial charge on any atom is 0.206 e. The highest BCUT2D eigenvalue weighted by molar-refractivity contribution is 7.15. The molecule has 2 aromatic rings. The molecule has 1 unspecified atom stereocenters. The lowest BCUT2D eigenvalue weighted by atomic mass is 10.1. The first-order chi connectivity index (χ1) is 8.69. The third kappa shape index (κ3) is 3.32. The number of furan rings is 1. The Labute approximate surface area is 111 Å². The van der Waals surface area contributed by atoms with E-state index >= 15 is 0 Å². The van der Waals surface area contributed by atoms with E-state index in [1.807, 2.05) is 12.1 Å². The van der Waals surface area contributed by atoms with Crippen molar-refractivity contribution in [3.63, 3.8) is 0 Å². The van der Waals surface area contributed by atoms with Crippen LogP contribution in [0, 0.1) is 5.92 Å². The van der Waals surface area contributed by atoms with Gasteiger partial charge in [-0.1, -0.05) is 32.1 Å². The third-order valence-electron chi connectivity index (χ3n) is 2.64. The molecule has 2 heterocycles. The Hall–Kier alpha value is -1.36. The highest BCUT2D eigenvalue weighted by Crippen LogP contribution is 2.25. The second-order valence-corrected chi connectivity index (χ2v) is 5.78. The van der Waals surface area contributed by atoms with Crippen LogP contribution in [-0.2, 0) is 6.42 Å². The molecule has 1 atom stereocenters. The molecule has 0 saturated heterocycles. The summed E-state index contributed by atoms with van der Waals surface area (Å²) in [5.41, 5.74) is 0. The Kier molecular flexibility index (Phi) is 4.36. The van der Waals surface area contributed by atoms with Crippen molar-refractivity contribution < 1.29 is 4.42 Å². The fourth-order valence-corrected chi connectivity index (χ4v) is 2.76. The zero-order valence-electron chi connectivity index (χ0n) is 11.0. The molecule has 0 spiro atoms. The van der Waals surface area contributed by atoms with Gasteiger partial charge in [0.05, 0.1) is 12.3 Å². The van der Waals surface area contributed by atoms with Crippen molar-refractivity contribution in [1.29, 1.82) is 0 Å². The second kappa shape index (κ2) is 6.00. The van der Waals surface area contributed by atoms with E-state index in [2.05, 4.69) is 36.3 Å². The van der Waals surface area contributed by atoms with Gasteiger partial charge in [0, 0.05) is 6.42 Å². The maximum absolute atomic E-state index is 5.42. The molecule has 0 saturated carbocycles. The van der Waals surface area contributed by atoms with Crippen LogP contribution in [0.1, 0.15) is 44.0 Å². The summed E-state index contributed by atoms with van der Waals surface area (Å²) in [6.07, 6.45) is 3.63. The number of anilines is 1. The summed E-state index contributed by atoms with van der Waals surface area (Å²) in [6.45, 7) is 6.49. The molecule has 1 N–H and O–H groups in total. The molecule has 4 nitrogen and oxygen atoms in total. The normalized spacial score (nSPS) is 12.9. The minimum absolute atomic E-state index is 0.167. The molecule has 0 aliphatic rings. The smallest absolute Gasteiger partial charge is 0.206 e. The Morgan fingerprint density at radius 3 is 2.83 bits per heavy atom. The summed E-state index contributed by atoms with van der Waals surface area (Å²) >= 11 is 1.63. The Balaban J connectivity index is 2.01. The number of nitrogens with zero attached hydrogens (tertiary/aromatic N) is 2. The van der Waals surface area contributed by atoms with Crippen LogP contribution >= 0.6 is 11.3 Å². The highest BCUT2D eigenvalue weighted by atomic mass is 32.1. The largest absolute Gasteiger partial charge is 0.467 e. The molecular formula is C13H19N3OS. The first kappa shape index (κ1) is 13.1. The van der Waals surface area contributed by atoms with Crippen LogP contribution in [0.4, 0.5) is 5.13 Å². The van der Waals surface area contributed by atoms with E-state index in [4.69, 9.17) is 4.42 Å². The monoisotopic (exact) mass is 265 g/mol. The molecule has 2 aromatic heterocycles. The minimum atomic E-state index is 0.167. The van der Waals surface area contributed by atoms with Crippen molar-refractivity contribution in [2.75, 3.05) is 5.32 Å². The van der Waals surface area contributed by atoms with E-state index < -0.39 is 0 Å². The summed E-state index contributed by atoms with van der Waals surface area (Å²) in [5, 5.41) is 13.7. The molecule has 0 aliphatic carbocycles. The van der Waals surface area contributed by atoms with Crippen LogP contribution < -0.4 is 5.32 Å². The van der Waals surface area contributed by atoms with E-state index in [0.29, 0.717) is 5.92 Å². The topological polar surface area (TPSA) is 51.0 Å². The quantitative estimate of drug-likeness (QED) is 0.860. The summed E-state index contributed by atoms with van der Waals surface area (Å²) in [4.78, 5) is 0. The zero-order chi connectivity index (χ0) is 13.0. The predicted octanol–water partition coefficient (Wildman–Crippen LogP) is 3.89. The average molecular weight is 265 g/mol. The summed E-state index contributed by atoms with van der Waals surface area (Å²) < 4.78 is 5.42. The van der Waals surface area contributed by atoms with Crippen molar-refractivity contribution in [2.24, 2.45) is 5.92 Å². The van der Waals surface area contributed by atoms with Gasteiger partial charge in [-0.2, -0.15) is 0 Å². The zero-order valence-corrected chi connectivity index (χ0v) is 11.8. The van der Waals surface area contributed by atoms with Gasteiger partial charge in [0.2, 0.25) is 5.13 Å². The second-order valence-electron chi connectivity index (χ2n) is 4.72. The van der Waals surface area contributed by atoms with E-state index in [9.17, 15) is 0 Å². The van der Waals surface area contributed by atoms with Gasteiger partial charge in [-0.05, 0) is 24.5 Å². The Morgan fingerprint density at radius 1 is 1.39 bits per heavy atom. The van der Waals surface area contributed by atoms with E-state index in [1.54, 1.807) is 17.6 Å². The lowest BCUT2D eigenvalue weighted by Gasteiger charge is -2.12. The van der Waals surface area contributed by atoms with Gasteiger partial charge >= 0.3 is 0 Å². The van der Waals surface area contributed by atoms with Crippen LogP contribution in [0.2, 0.25) is 0 Å². The van der Waals surface area contributed by atoms with Gasteiger partial charge < -0.3 is 9.73 Å². The van der Waals surface area contributed by atoms with Gasteiger partial charge in [-0.15, -0.1) is 10.2 Å². The molecule has 0 amide bonds. The average Bonchev–Trinajstić information content (AvgIpc) is 2.96. The molecule has 0 aliphatic heterocycles. The highest BCUT2D eigenvalue weighted by Gasteiger charge is 2.14. The van der Waals surface area contributed by atoms with E-state index in [-0.39, 0.29) is 6.04 Å². The first-order valence-electron chi connectivity index (χ1n) is 6.31. The number of rotatable bonds is 6. The van der Waals surface area contributed by atoms with Crippen molar-refractivity contribution in [3.8, 4) is 0 Å². The standard InChI is InChI=1S/C13H19N3OS/c1-4-10(11-6-5-7-17-11)14-13-16-15-12(18-13)8-9(2)3/h5-7,9-10H,4,8H2,1-3H3,(H,14,16). The van der Waals surface area contributed by atoms with Gasteiger partial charge in [0.1, 0.15) is 10.8 Å². The molecule has 0 aromatic carbocycles. The molecule has 98 valence electrons. The molecule has 18 heavy (non-hydrogen) atoms. The Bertz CT molecular complexity index is 464. The van der Waals surface area contributed by atoms with Crippen LogP contribution in [0.3, 0.4) is 0 Å². The fraction of sp³-hybridized carbons (Fsp3) is 0.538. The summed E-state index contributed by atoms with van der Waals surface area (Å²) in [5.74, 6) is 1.55. The van der Waals surface area contributed by atoms with Crippen molar-refractivity contribution in [3.05, 3.63) is 29.2 Å². The number of aromatic nitrogens is 2. The molecule has 0 fully saturated rings. The van der Waals surface area contributed by atoms with Crippen molar-refractivity contribution in [1.82, 2.24) is 10.2 Å². The third-order valence-corrected chi connectivity index (χ3v) is 3.52. The van der Waals surface area contributed by atoms with E-state index in [1.165, 1.54) is 0 Å². The van der Waals surface area contributed by atoms with E-state index in [0.717, 1.165) is 28.7 Å². The van der Waals surface area contributed by atoms with Gasteiger partial charge in [-0.25, -0.2) is 0 Å². The predicted molar refractivity (Wildman–Crippen MR) is 73.8 cm³/mol. The van der Waals surface area contributed by atoms with Crippen LogP contribution in [-0.4, -0.2) is 10.2 Å². The van der Waals surface area contributed by atoms with Gasteiger partial charge in [-0.3, -0.25) is 0 Å². The SMILES string of the molecule is CCC(Nc1nnc(CC(C)C)s1)c1ccco1. The summed E-state index contributed by atoms with van der Waals surface area (Å²) in [6, 6.07) is 4.06. The molecule has 0 radical (unpaired) electrons. The van der Waals surface area contributed by atoms with Gasteiger partial charge in [0.15, 0.2) is 0 Å². The maximum atomic E-state index is 5.42. The molecular weight excluding hydrogens is 246 g/mol. The number of hydrogen-bond donors (Lipinski definition) is 1. The van der Waals surface area contributed by atoms with Crippen LogP contribution in [0.25, 0.3) is 0 Å². The number of hydrogen-bond acceptors (Lipinski definition) is 5. The lowest BCUT2D eigenvalue weighted by Crippen LogP contribution is -2.08. The Morgan fingerprint density at radius 2 is 2.22 bits per heavy atom. The first-order valence-corrected chi connectivity index (χ1v) is 7.13. The minimum Gasteiger partial charge on any atom is -0.467 e. The van der Waals surface area contributed by atoms with Crippen LogP contribution in [0.5, 0.6) is 0 Å². The molecule has 2 rings (SSSR count). The summed E-state index contributed by atoms with van der Waals surface area (Å²) in [7, 11) is 0. The van der Waals surface area contributed by atoms with Crippen molar-refractivity contribution >= 4 is 16.5 Å². The molecule has 5 heteroatoms. The van der Waals surface area contributed by atoms with Gasteiger partial charge in [0.25, 0.3) is 0 Å². The lowest BCUT2D eigenvalue weighted by molar-refractivity contribution is 0.473. The number of nitrogens with one attached hydrogen (secondary N) is 1. The fourth-order valence-electron chi connectivity index (χ4n) is 1.76.